The van der Waals surface area contributed by atoms with Gasteiger partial charge in [-0.05, 0) is 19.1 Å². The lowest BCUT2D eigenvalue weighted by Gasteiger charge is -2.07. The van der Waals surface area contributed by atoms with Crippen LogP contribution in [0.5, 0.6) is 0 Å². The minimum atomic E-state index is -1.04. The van der Waals surface area contributed by atoms with Crippen LogP contribution in [-0.4, -0.2) is 21.0 Å². The van der Waals surface area contributed by atoms with Crippen LogP contribution in [-0.2, 0) is 6.54 Å². The summed E-state index contributed by atoms with van der Waals surface area (Å²) in [5, 5.41) is 13.2. The number of rotatable bonds is 4. The van der Waals surface area contributed by atoms with Crippen LogP contribution >= 0.6 is 22.9 Å². The van der Waals surface area contributed by atoms with E-state index < -0.39 is 5.97 Å². The molecule has 2 rings (SSSR count). The van der Waals surface area contributed by atoms with Crippen molar-refractivity contribution >= 4 is 34.7 Å². The van der Waals surface area contributed by atoms with Gasteiger partial charge in [0.2, 0.25) is 0 Å². The van der Waals surface area contributed by atoms with Crippen molar-refractivity contribution in [2.45, 2.75) is 13.5 Å². The molecule has 0 radical (unpaired) electrons. The highest BCUT2D eigenvalue weighted by Gasteiger charge is 2.12. The summed E-state index contributed by atoms with van der Waals surface area (Å²) in [5.74, 6) is -0.775. The molecule has 0 aromatic carbocycles. The molecule has 0 saturated carbocycles. The van der Waals surface area contributed by atoms with Crippen LogP contribution in [0.25, 0.3) is 0 Å². The zero-order chi connectivity index (χ0) is 13.1. The van der Waals surface area contributed by atoms with Gasteiger partial charge in [-0.3, -0.25) is 0 Å². The third-order valence-electron chi connectivity index (χ3n) is 2.19. The minimum absolute atomic E-state index is 0.0978. The predicted octanol–water partition coefficient (Wildman–Crippen LogP) is 2.81. The Kier molecular flexibility index (Phi) is 3.78. The van der Waals surface area contributed by atoms with E-state index in [0.717, 1.165) is 9.88 Å². The molecule has 2 aromatic heterocycles. The number of aromatic carboxylic acids is 1. The number of nitrogens with zero attached hydrogens (tertiary/aromatic N) is 2. The fourth-order valence-electron chi connectivity index (χ4n) is 1.40. The molecule has 0 atom stereocenters. The molecule has 0 aliphatic rings. The number of carbonyl (C=O) groups is 1. The van der Waals surface area contributed by atoms with Gasteiger partial charge in [0.25, 0.3) is 0 Å². The zero-order valence-corrected chi connectivity index (χ0v) is 11.0. The molecule has 0 spiro atoms. The van der Waals surface area contributed by atoms with Crippen molar-refractivity contribution in [3.8, 4) is 0 Å². The second kappa shape index (κ2) is 5.32. The van der Waals surface area contributed by atoms with E-state index in [9.17, 15) is 4.79 Å². The lowest BCUT2D eigenvalue weighted by Crippen LogP contribution is -2.07. The smallest absolute Gasteiger partial charge is 0.339 e. The van der Waals surface area contributed by atoms with Gasteiger partial charge in [-0.15, -0.1) is 11.3 Å². The first kappa shape index (κ1) is 12.8. The number of nitrogens with one attached hydrogen (secondary N) is 1. The first-order valence-corrected chi connectivity index (χ1v) is 6.30. The number of hydrogen-bond acceptors (Lipinski definition) is 5. The summed E-state index contributed by atoms with van der Waals surface area (Å²) >= 11 is 7.30. The Morgan fingerprint density at radius 2 is 2.33 bits per heavy atom. The quantitative estimate of drug-likeness (QED) is 0.844. The van der Waals surface area contributed by atoms with Crippen LogP contribution in [0.3, 0.4) is 0 Å². The van der Waals surface area contributed by atoms with E-state index in [4.69, 9.17) is 16.7 Å². The highest BCUT2D eigenvalue weighted by atomic mass is 35.5. The molecule has 0 aliphatic carbocycles. The van der Waals surface area contributed by atoms with Crippen LogP contribution in [0, 0.1) is 6.92 Å². The van der Waals surface area contributed by atoms with Crippen molar-refractivity contribution in [3.63, 3.8) is 0 Å². The van der Waals surface area contributed by atoms with Crippen LogP contribution in [0.1, 0.15) is 20.2 Å². The molecule has 0 aliphatic heterocycles. The molecule has 2 N–H and O–H groups in total. The molecule has 0 unspecified atom stereocenters. The number of halogens is 1. The number of anilines is 1. The van der Waals surface area contributed by atoms with Gasteiger partial charge in [-0.25, -0.2) is 14.8 Å². The first-order valence-electron chi connectivity index (χ1n) is 5.11. The standard InChI is InChI=1S/C11H10ClN3O2S/c1-6-13-4-7(18-6)5-14-10-8(11(16)17)2-3-9(12)15-10/h2-4H,5H2,1H3,(H,14,15)(H,16,17). The summed E-state index contributed by atoms with van der Waals surface area (Å²) in [6, 6.07) is 2.88. The maximum Gasteiger partial charge on any atom is 0.339 e. The average Bonchev–Trinajstić information content (AvgIpc) is 2.72. The Labute approximate surface area is 112 Å². The number of aryl methyl sites for hydroxylation is 1. The number of pyridine rings is 1. The highest BCUT2D eigenvalue weighted by Crippen LogP contribution is 2.19. The van der Waals surface area contributed by atoms with E-state index in [1.54, 1.807) is 17.5 Å². The second-order valence-electron chi connectivity index (χ2n) is 3.53. The van der Waals surface area contributed by atoms with Crippen molar-refractivity contribution in [2.24, 2.45) is 0 Å². The number of carboxylic acids is 1. The maximum atomic E-state index is 11.0. The summed E-state index contributed by atoms with van der Waals surface area (Å²) < 4.78 is 0. The maximum absolute atomic E-state index is 11.0. The van der Waals surface area contributed by atoms with E-state index in [1.807, 2.05) is 6.92 Å². The number of thiazole rings is 1. The second-order valence-corrected chi connectivity index (χ2v) is 5.24. The monoisotopic (exact) mass is 283 g/mol. The Morgan fingerprint density at radius 3 is 2.94 bits per heavy atom. The van der Waals surface area contributed by atoms with Crippen LogP contribution < -0.4 is 5.32 Å². The van der Waals surface area contributed by atoms with E-state index in [2.05, 4.69) is 15.3 Å². The molecule has 7 heteroatoms. The zero-order valence-electron chi connectivity index (χ0n) is 9.48. The molecule has 0 amide bonds. The van der Waals surface area contributed by atoms with Crippen molar-refractivity contribution in [2.75, 3.05) is 5.32 Å². The van der Waals surface area contributed by atoms with Crippen molar-refractivity contribution in [1.29, 1.82) is 0 Å². The third-order valence-corrected chi connectivity index (χ3v) is 3.31. The molecule has 5 nitrogen and oxygen atoms in total. The van der Waals surface area contributed by atoms with Crippen LogP contribution in [0.2, 0.25) is 5.15 Å². The van der Waals surface area contributed by atoms with Gasteiger partial charge in [-0.2, -0.15) is 0 Å². The van der Waals surface area contributed by atoms with Gasteiger partial charge < -0.3 is 10.4 Å². The highest BCUT2D eigenvalue weighted by molar-refractivity contribution is 7.11. The largest absolute Gasteiger partial charge is 0.478 e. The van der Waals surface area contributed by atoms with Crippen molar-refractivity contribution in [3.05, 3.63) is 38.9 Å². The lowest BCUT2D eigenvalue weighted by molar-refractivity contribution is 0.0697. The van der Waals surface area contributed by atoms with Gasteiger partial charge >= 0.3 is 5.97 Å². The molecule has 2 heterocycles. The van der Waals surface area contributed by atoms with Crippen molar-refractivity contribution < 1.29 is 9.90 Å². The summed E-state index contributed by atoms with van der Waals surface area (Å²) in [4.78, 5) is 20.1. The van der Waals surface area contributed by atoms with E-state index in [1.165, 1.54) is 12.1 Å². The number of carboxylic acid groups (broad SMARTS) is 1. The molecule has 18 heavy (non-hydrogen) atoms. The minimum Gasteiger partial charge on any atom is -0.478 e. The molecular formula is C11H10ClN3O2S. The Balaban J connectivity index is 2.17. The molecular weight excluding hydrogens is 274 g/mol. The third kappa shape index (κ3) is 2.96. The summed E-state index contributed by atoms with van der Waals surface area (Å²) in [6.07, 6.45) is 1.75. The molecule has 0 fully saturated rings. The van der Waals surface area contributed by atoms with Crippen molar-refractivity contribution in [1.82, 2.24) is 9.97 Å². The lowest BCUT2D eigenvalue weighted by atomic mass is 10.2. The molecule has 0 bridgehead atoms. The molecule has 0 saturated heterocycles. The fourth-order valence-corrected chi connectivity index (χ4v) is 2.28. The number of aromatic nitrogens is 2. The predicted molar refractivity (Wildman–Crippen MR) is 70.4 cm³/mol. The van der Waals surface area contributed by atoms with Crippen LogP contribution in [0.4, 0.5) is 5.82 Å². The van der Waals surface area contributed by atoms with E-state index in [0.29, 0.717) is 6.54 Å². The Bertz CT molecular complexity index is 585. The Morgan fingerprint density at radius 1 is 1.56 bits per heavy atom. The van der Waals surface area contributed by atoms with Crippen LogP contribution in [0.15, 0.2) is 18.3 Å². The van der Waals surface area contributed by atoms with Gasteiger partial charge in [0.1, 0.15) is 16.5 Å². The van der Waals surface area contributed by atoms with Gasteiger partial charge in [0.15, 0.2) is 0 Å². The summed E-state index contributed by atoms with van der Waals surface area (Å²) in [6.45, 7) is 2.38. The Hall–Kier alpha value is -1.66. The fraction of sp³-hybridized carbons (Fsp3) is 0.182. The molecule has 94 valence electrons. The number of hydrogen-bond donors (Lipinski definition) is 2. The van der Waals surface area contributed by atoms with E-state index >= 15 is 0 Å². The first-order chi connectivity index (χ1) is 8.56. The van der Waals surface area contributed by atoms with E-state index in [-0.39, 0.29) is 16.5 Å². The SMILES string of the molecule is Cc1ncc(CNc2nc(Cl)ccc2C(=O)O)s1. The van der Waals surface area contributed by atoms with Gasteiger partial charge in [0.05, 0.1) is 11.6 Å². The van der Waals surface area contributed by atoms with Gasteiger partial charge in [0, 0.05) is 11.1 Å². The topological polar surface area (TPSA) is 75.1 Å². The summed E-state index contributed by atoms with van der Waals surface area (Å²) in [5.41, 5.74) is 0.0978. The average molecular weight is 284 g/mol. The van der Waals surface area contributed by atoms with Gasteiger partial charge in [-0.1, -0.05) is 11.6 Å². The normalized spacial score (nSPS) is 10.3. The molecule has 2 aromatic rings. The summed E-state index contributed by atoms with van der Waals surface area (Å²) in [7, 11) is 0.